The second-order valence-electron chi connectivity index (χ2n) is 4.79. The topological polar surface area (TPSA) is 29.9 Å². The SMILES string of the molecule is CCCCCC(C)Nc1nccn1C(C)C. The maximum atomic E-state index is 4.36. The summed E-state index contributed by atoms with van der Waals surface area (Å²) >= 11 is 0. The van der Waals surface area contributed by atoms with Crippen LogP contribution in [0, 0.1) is 0 Å². The Morgan fingerprint density at radius 3 is 2.69 bits per heavy atom. The van der Waals surface area contributed by atoms with Gasteiger partial charge in [0.15, 0.2) is 0 Å². The fourth-order valence-electron chi connectivity index (χ4n) is 1.83. The molecular weight excluding hydrogens is 198 g/mol. The largest absolute Gasteiger partial charge is 0.353 e. The summed E-state index contributed by atoms with van der Waals surface area (Å²) in [4.78, 5) is 4.36. The van der Waals surface area contributed by atoms with Crippen molar-refractivity contribution in [2.75, 3.05) is 5.32 Å². The third kappa shape index (κ3) is 3.87. The molecule has 1 aromatic heterocycles. The first-order valence-electron chi connectivity index (χ1n) is 6.44. The van der Waals surface area contributed by atoms with Crippen LogP contribution in [-0.2, 0) is 0 Å². The number of anilines is 1. The summed E-state index contributed by atoms with van der Waals surface area (Å²) in [5.74, 6) is 0.999. The maximum Gasteiger partial charge on any atom is 0.203 e. The molecule has 16 heavy (non-hydrogen) atoms. The summed E-state index contributed by atoms with van der Waals surface area (Å²) in [5, 5.41) is 3.48. The van der Waals surface area contributed by atoms with Crippen molar-refractivity contribution in [1.29, 1.82) is 0 Å². The minimum atomic E-state index is 0.466. The molecule has 0 aliphatic carbocycles. The fourth-order valence-corrected chi connectivity index (χ4v) is 1.83. The molecule has 0 aliphatic heterocycles. The molecule has 0 spiro atoms. The molecule has 0 aliphatic rings. The summed E-state index contributed by atoms with van der Waals surface area (Å²) in [5.41, 5.74) is 0. The Labute approximate surface area is 99.3 Å². The standard InChI is InChI=1S/C13H25N3/c1-5-6-7-8-12(4)15-13-14-9-10-16(13)11(2)3/h9-12H,5-8H2,1-4H3,(H,14,15). The molecule has 1 aromatic rings. The highest BCUT2D eigenvalue weighted by atomic mass is 15.2. The van der Waals surface area contributed by atoms with Gasteiger partial charge in [0.25, 0.3) is 0 Å². The predicted molar refractivity (Wildman–Crippen MR) is 69.8 cm³/mol. The lowest BCUT2D eigenvalue weighted by molar-refractivity contribution is 0.580. The Bertz CT molecular complexity index is 291. The van der Waals surface area contributed by atoms with E-state index in [1.807, 2.05) is 12.4 Å². The van der Waals surface area contributed by atoms with Crippen LogP contribution < -0.4 is 5.32 Å². The van der Waals surface area contributed by atoms with Crippen molar-refractivity contribution >= 4 is 5.95 Å². The van der Waals surface area contributed by atoms with Crippen molar-refractivity contribution in [3.8, 4) is 0 Å². The summed E-state index contributed by atoms with van der Waals surface area (Å²) in [6, 6.07) is 0.972. The van der Waals surface area contributed by atoms with Gasteiger partial charge >= 0.3 is 0 Å². The van der Waals surface area contributed by atoms with Gasteiger partial charge in [-0.05, 0) is 27.2 Å². The first-order chi connectivity index (χ1) is 7.65. The van der Waals surface area contributed by atoms with E-state index in [0.717, 1.165) is 5.95 Å². The number of nitrogens with zero attached hydrogens (tertiary/aromatic N) is 2. The Morgan fingerprint density at radius 1 is 1.31 bits per heavy atom. The lowest BCUT2D eigenvalue weighted by Gasteiger charge is -2.17. The summed E-state index contributed by atoms with van der Waals surface area (Å²) in [6.07, 6.45) is 9.02. The highest BCUT2D eigenvalue weighted by Gasteiger charge is 2.08. The quantitative estimate of drug-likeness (QED) is 0.712. The molecule has 0 saturated carbocycles. The minimum Gasteiger partial charge on any atom is -0.353 e. The van der Waals surface area contributed by atoms with E-state index >= 15 is 0 Å². The van der Waals surface area contributed by atoms with Gasteiger partial charge < -0.3 is 9.88 Å². The average Bonchev–Trinajstić information content (AvgIpc) is 2.66. The zero-order valence-electron chi connectivity index (χ0n) is 11.0. The lowest BCUT2D eigenvalue weighted by Crippen LogP contribution is -2.18. The van der Waals surface area contributed by atoms with E-state index in [9.17, 15) is 0 Å². The van der Waals surface area contributed by atoms with E-state index in [2.05, 4.69) is 42.6 Å². The number of hydrogen-bond acceptors (Lipinski definition) is 2. The van der Waals surface area contributed by atoms with Crippen molar-refractivity contribution in [1.82, 2.24) is 9.55 Å². The van der Waals surface area contributed by atoms with Gasteiger partial charge in [-0.1, -0.05) is 26.2 Å². The van der Waals surface area contributed by atoms with Gasteiger partial charge in [0.05, 0.1) is 0 Å². The third-order valence-electron chi connectivity index (χ3n) is 2.84. The smallest absolute Gasteiger partial charge is 0.203 e. The molecule has 0 fully saturated rings. The maximum absolute atomic E-state index is 4.36. The molecule has 1 heterocycles. The van der Waals surface area contributed by atoms with Gasteiger partial charge in [-0.15, -0.1) is 0 Å². The zero-order chi connectivity index (χ0) is 12.0. The van der Waals surface area contributed by atoms with Crippen molar-refractivity contribution in [3.63, 3.8) is 0 Å². The Kier molecular flexibility index (Phi) is 5.36. The van der Waals surface area contributed by atoms with Gasteiger partial charge in [0.2, 0.25) is 5.95 Å². The molecule has 0 bridgehead atoms. The van der Waals surface area contributed by atoms with Gasteiger partial charge in [-0.2, -0.15) is 0 Å². The van der Waals surface area contributed by atoms with E-state index in [4.69, 9.17) is 0 Å². The predicted octanol–water partition coefficient (Wildman–Crippen LogP) is 3.84. The molecule has 0 amide bonds. The van der Waals surface area contributed by atoms with Crippen LogP contribution in [0.4, 0.5) is 5.95 Å². The van der Waals surface area contributed by atoms with E-state index in [0.29, 0.717) is 12.1 Å². The highest BCUT2D eigenvalue weighted by molar-refractivity contribution is 5.27. The number of unbranched alkanes of at least 4 members (excludes halogenated alkanes) is 2. The number of aromatic nitrogens is 2. The molecule has 92 valence electrons. The summed E-state index contributed by atoms with van der Waals surface area (Å²) in [6.45, 7) is 8.82. The summed E-state index contributed by atoms with van der Waals surface area (Å²) < 4.78 is 2.18. The second kappa shape index (κ2) is 6.56. The second-order valence-corrected chi connectivity index (χ2v) is 4.79. The van der Waals surface area contributed by atoms with Gasteiger partial charge in [-0.3, -0.25) is 0 Å². The normalized spacial score (nSPS) is 13.1. The van der Waals surface area contributed by atoms with Crippen LogP contribution >= 0.6 is 0 Å². The Hall–Kier alpha value is -0.990. The van der Waals surface area contributed by atoms with E-state index in [1.165, 1.54) is 25.7 Å². The third-order valence-corrected chi connectivity index (χ3v) is 2.84. The van der Waals surface area contributed by atoms with Gasteiger partial charge in [0.1, 0.15) is 0 Å². The minimum absolute atomic E-state index is 0.466. The van der Waals surface area contributed by atoms with Crippen molar-refractivity contribution < 1.29 is 0 Å². The van der Waals surface area contributed by atoms with Gasteiger partial charge in [0, 0.05) is 24.5 Å². The number of nitrogens with one attached hydrogen (secondary N) is 1. The molecular formula is C13H25N3. The number of rotatable bonds is 7. The number of imidazole rings is 1. The molecule has 1 rings (SSSR count). The molecule has 0 aromatic carbocycles. The van der Waals surface area contributed by atoms with Crippen LogP contribution in [0.15, 0.2) is 12.4 Å². The van der Waals surface area contributed by atoms with Gasteiger partial charge in [-0.25, -0.2) is 4.98 Å². The monoisotopic (exact) mass is 223 g/mol. The van der Waals surface area contributed by atoms with E-state index in [1.54, 1.807) is 0 Å². The molecule has 0 radical (unpaired) electrons. The first-order valence-corrected chi connectivity index (χ1v) is 6.44. The van der Waals surface area contributed by atoms with Crippen molar-refractivity contribution in [2.24, 2.45) is 0 Å². The van der Waals surface area contributed by atoms with E-state index in [-0.39, 0.29) is 0 Å². The summed E-state index contributed by atoms with van der Waals surface area (Å²) in [7, 11) is 0. The zero-order valence-corrected chi connectivity index (χ0v) is 11.0. The molecule has 3 nitrogen and oxygen atoms in total. The van der Waals surface area contributed by atoms with Crippen LogP contribution in [0.25, 0.3) is 0 Å². The molecule has 1 N–H and O–H groups in total. The lowest BCUT2D eigenvalue weighted by atomic mass is 10.1. The van der Waals surface area contributed by atoms with Crippen LogP contribution in [0.2, 0.25) is 0 Å². The first kappa shape index (κ1) is 13.1. The fraction of sp³-hybridized carbons (Fsp3) is 0.769. The van der Waals surface area contributed by atoms with Crippen LogP contribution in [-0.4, -0.2) is 15.6 Å². The highest BCUT2D eigenvalue weighted by Crippen LogP contribution is 2.15. The van der Waals surface area contributed by atoms with E-state index < -0.39 is 0 Å². The Morgan fingerprint density at radius 2 is 2.06 bits per heavy atom. The molecule has 1 atom stereocenters. The molecule has 1 unspecified atom stereocenters. The molecule has 3 heteroatoms. The van der Waals surface area contributed by atoms with Crippen LogP contribution in [0.3, 0.4) is 0 Å². The molecule has 0 saturated heterocycles. The van der Waals surface area contributed by atoms with Crippen LogP contribution in [0.5, 0.6) is 0 Å². The Balaban J connectivity index is 2.43. The van der Waals surface area contributed by atoms with Crippen molar-refractivity contribution in [3.05, 3.63) is 12.4 Å². The van der Waals surface area contributed by atoms with Crippen LogP contribution in [0.1, 0.15) is 59.4 Å². The van der Waals surface area contributed by atoms with Crippen molar-refractivity contribution in [2.45, 2.75) is 65.5 Å². The average molecular weight is 223 g/mol. The number of hydrogen-bond donors (Lipinski definition) is 1.